The summed E-state index contributed by atoms with van der Waals surface area (Å²) in [7, 11) is 3.15. The summed E-state index contributed by atoms with van der Waals surface area (Å²) in [6.45, 7) is 4.33. The lowest BCUT2D eigenvalue weighted by Crippen LogP contribution is -2.43. The molecule has 0 spiro atoms. The van der Waals surface area contributed by atoms with E-state index in [4.69, 9.17) is 9.47 Å². The van der Waals surface area contributed by atoms with E-state index in [9.17, 15) is 4.79 Å². The van der Waals surface area contributed by atoms with Gasteiger partial charge in [-0.05, 0) is 24.3 Å². The number of aromatic nitrogens is 2. The Bertz CT molecular complexity index is 1160. The Hall–Kier alpha value is -4.05. The number of piperazine rings is 1. The van der Waals surface area contributed by atoms with Crippen LogP contribution in [0.3, 0.4) is 0 Å². The minimum Gasteiger partial charge on any atom is -0.497 e. The summed E-state index contributed by atoms with van der Waals surface area (Å²) in [6.07, 6.45) is 1.73. The first-order chi connectivity index (χ1) is 16.6. The van der Waals surface area contributed by atoms with Crippen LogP contribution in [0.1, 0.15) is 5.56 Å². The number of rotatable bonds is 6. The molecule has 34 heavy (non-hydrogen) atoms. The summed E-state index contributed by atoms with van der Waals surface area (Å²) >= 11 is 0. The van der Waals surface area contributed by atoms with Crippen LogP contribution in [0.4, 0.5) is 33.6 Å². The van der Waals surface area contributed by atoms with Gasteiger partial charge in [0.25, 0.3) is 0 Å². The number of hydrogen-bond acceptors (Lipinski definition) is 8. The van der Waals surface area contributed by atoms with Crippen molar-refractivity contribution in [1.82, 2.24) is 15.3 Å². The lowest BCUT2D eigenvalue weighted by Gasteiger charge is -2.29. The van der Waals surface area contributed by atoms with E-state index in [1.165, 1.54) is 5.69 Å². The lowest BCUT2D eigenvalue weighted by molar-refractivity contribution is 0.256. The molecule has 10 heteroatoms. The second-order valence-corrected chi connectivity index (χ2v) is 8.06. The Kier molecular flexibility index (Phi) is 6.05. The zero-order chi connectivity index (χ0) is 23.5. The molecule has 0 saturated carbocycles. The fourth-order valence-electron chi connectivity index (χ4n) is 4.07. The van der Waals surface area contributed by atoms with Gasteiger partial charge >= 0.3 is 6.03 Å². The summed E-state index contributed by atoms with van der Waals surface area (Å²) in [5.74, 6) is 2.12. The van der Waals surface area contributed by atoms with Gasteiger partial charge in [-0.3, -0.25) is 10.2 Å². The summed E-state index contributed by atoms with van der Waals surface area (Å²) < 4.78 is 10.7. The van der Waals surface area contributed by atoms with E-state index < -0.39 is 0 Å². The number of nitrogens with one attached hydrogen (secondary N) is 3. The molecular formula is C24H27N7O3. The molecule has 2 aromatic carbocycles. The molecule has 1 fully saturated rings. The van der Waals surface area contributed by atoms with Gasteiger partial charge in [0.2, 0.25) is 5.95 Å². The second-order valence-electron chi connectivity index (χ2n) is 8.06. The number of benzene rings is 2. The van der Waals surface area contributed by atoms with Gasteiger partial charge in [0.1, 0.15) is 17.3 Å². The summed E-state index contributed by atoms with van der Waals surface area (Å²) in [6, 6.07) is 13.3. The van der Waals surface area contributed by atoms with Crippen molar-refractivity contribution in [2.75, 3.05) is 60.8 Å². The molecule has 3 heterocycles. The highest BCUT2D eigenvalue weighted by Gasteiger charge is 2.26. The molecule has 0 radical (unpaired) electrons. The number of fused-ring (bicyclic) bond motifs is 1. The molecule has 1 saturated heterocycles. The molecule has 0 aliphatic carbocycles. The largest absolute Gasteiger partial charge is 0.497 e. The minimum atomic E-state index is -0.284. The predicted molar refractivity (Wildman–Crippen MR) is 132 cm³/mol. The Morgan fingerprint density at radius 1 is 0.971 bits per heavy atom. The highest BCUT2D eigenvalue weighted by molar-refractivity contribution is 6.03. The van der Waals surface area contributed by atoms with Gasteiger partial charge in [-0.1, -0.05) is 0 Å². The molecule has 3 N–H and O–H groups in total. The summed E-state index contributed by atoms with van der Waals surface area (Å²) in [5.41, 5.74) is 3.54. The van der Waals surface area contributed by atoms with Crippen LogP contribution in [-0.2, 0) is 6.54 Å². The van der Waals surface area contributed by atoms with E-state index in [1.807, 2.05) is 12.1 Å². The molecule has 1 aromatic heterocycles. The standard InChI is InChI=1S/C24H27N7O3/c1-33-20-11-19(12-21(13-20)34-2)31-15-16-14-26-23(28-22(16)29-24(31)32)27-17-3-5-18(6-4-17)30-9-7-25-8-10-30/h3-6,11-14,25H,7-10,15H2,1-2H3,(H2,26,27,28,29,32). The highest BCUT2D eigenvalue weighted by Crippen LogP contribution is 2.32. The van der Waals surface area contributed by atoms with Gasteiger partial charge < -0.3 is 25.0 Å². The Morgan fingerprint density at radius 3 is 2.35 bits per heavy atom. The Balaban J connectivity index is 1.31. The van der Waals surface area contributed by atoms with Crippen LogP contribution < -0.4 is 35.2 Å². The van der Waals surface area contributed by atoms with Gasteiger partial charge in [-0.25, -0.2) is 9.78 Å². The molecule has 2 aliphatic heterocycles. The lowest BCUT2D eigenvalue weighted by atomic mass is 10.2. The number of nitrogens with zero attached hydrogens (tertiary/aromatic N) is 4. The first-order valence-electron chi connectivity index (χ1n) is 11.1. The molecule has 10 nitrogen and oxygen atoms in total. The molecule has 3 aromatic rings. The van der Waals surface area contributed by atoms with Crippen molar-refractivity contribution in [2.24, 2.45) is 0 Å². The fraction of sp³-hybridized carbons (Fsp3) is 0.292. The minimum absolute atomic E-state index is 0.284. The molecule has 2 amide bonds. The number of hydrogen-bond donors (Lipinski definition) is 3. The molecule has 0 bridgehead atoms. The van der Waals surface area contributed by atoms with Crippen molar-refractivity contribution in [3.05, 3.63) is 54.2 Å². The van der Waals surface area contributed by atoms with Crippen molar-refractivity contribution in [2.45, 2.75) is 6.54 Å². The van der Waals surface area contributed by atoms with E-state index in [-0.39, 0.29) is 6.03 Å². The maximum atomic E-state index is 12.9. The van der Waals surface area contributed by atoms with E-state index in [0.29, 0.717) is 35.5 Å². The van der Waals surface area contributed by atoms with Gasteiger partial charge in [0.15, 0.2) is 0 Å². The van der Waals surface area contributed by atoms with Crippen LogP contribution in [0, 0.1) is 0 Å². The van der Waals surface area contributed by atoms with Crippen LogP contribution in [0.2, 0.25) is 0 Å². The van der Waals surface area contributed by atoms with Crippen molar-refractivity contribution in [3.8, 4) is 11.5 Å². The zero-order valence-electron chi connectivity index (χ0n) is 19.2. The highest BCUT2D eigenvalue weighted by atomic mass is 16.5. The second kappa shape index (κ2) is 9.44. The average molecular weight is 462 g/mol. The van der Waals surface area contributed by atoms with Crippen LogP contribution in [0.5, 0.6) is 11.5 Å². The van der Waals surface area contributed by atoms with E-state index in [0.717, 1.165) is 37.4 Å². The van der Waals surface area contributed by atoms with E-state index in [2.05, 4.69) is 43.0 Å². The maximum absolute atomic E-state index is 12.9. The quantitative estimate of drug-likeness (QED) is 0.514. The van der Waals surface area contributed by atoms with E-state index in [1.54, 1.807) is 43.5 Å². The number of methoxy groups -OCH3 is 2. The average Bonchev–Trinajstić information content (AvgIpc) is 2.89. The van der Waals surface area contributed by atoms with Crippen LogP contribution in [0.25, 0.3) is 0 Å². The molecular weight excluding hydrogens is 434 g/mol. The van der Waals surface area contributed by atoms with Crippen LogP contribution in [-0.4, -0.2) is 56.4 Å². The normalized spacial score (nSPS) is 15.4. The monoisotopic (exact) mass is 461 g/mol. The van der Waals surface area contributed by atoms with Crippen molar-refractivity contribution >= 4 is 34.9 Å². The summed E-state index contributed by atoms with van der Waals surface area (Å²) in [5, 5.41) is 9.45. The van der Waals surface area contributed by atoms with Crippen LogP contribution in [0.15, 0.2) is 48.7 Å². The number of ether oxygens (including phenoxy) is 2. The topological polar surface area (TPSA) is 104 Å². The number of carbonyl (C=O) groups is 1. The number of anilines is 5. The Labute approximate surface area is 197 Å². The molecule has 2 aliphatic rings. The van der Waals surface area contributed by atoms with Crippen LogP contribution >= 0.6 is 0 Å². The van der Waals surface area contributed by atoms with Gasteiger partial charge in [-0.2, -0.15) is 4.98 Å². The van der Waals surface area contributed by atoms with Crippen molar-refractivity contribution < 1.29 is 14.3 Å². The fourth-order valence-corrected chi connectivity index (χ4v) is 4.07. The van der Waals surface area contributed by atoms with Crippen molar-refractivity contribution in [1.29, 1.82) is 0 Å². The predicted octanol–water partition coefficient (Wildman–Crippen LogP) is 3.20. The SMILES string of the molecule is COc1cc(OC)cc(N2Cc3cnc(Nc4ccc(N5CCNCC5)cc4)nc3NC2=O)c1. The smallest absolute Gasteiger partial charge is 0.327 e. The number of carbonyl (C=O) groups excluding carboxylic acids is 1. The number of amides is 2. The maximum Gasteiger partial charge on any atom is 0.327 e. The first kappa shape index (κ1) is 21.8. The molecule has 5 rings (SSSR count). The third-order valence-electron chi connectivity index (χ3n) is 5.92. The van der Waals surface area contributed by atoms with Gasteiger partial charge in [-0.15, -0.1) is 0 Å². The first-order valence-corrected chi connectivity index (χ1v) is 11.1. The van der Waals surface area contributed by atoms with Gasteiger partial charge in [0.05, 0.1) is 26.5 Å². The zero-order valence-corrected chi connectivity index (χ0v) is 19.2. The van der Waals surface area contributed by atoms with E-state index >= 15 is 0 Å². The van der Waals surface area contributed by atoms with Crippen molar-refractivity contribution in [3.63, 3.8) is 0 Å². The summed E-state index contributed by atoms with van der Waals surface area (Å²) in [4.78, 5) is 25.8. The molecule has 176 valence electrons. The molecule has 0 atom stereocenters. The Morgan fingerprint density at radius 2 is 1.68 bits per heavy atom. The third-order valence-corrected chi connectivity index (χ3v) is 5.92. The third kappa shape index (κ3) is 4.53. The molecule has 0 unspecified atom stereocenters. The van der Waals surface area contributed by atoms with Gasteiger partial charge in [0, 0.05) is 67.5 Å². The number of urea groups is 1.